The number of ether oxygens (including phenoxy) is 1. The van der Waals surface area contributed by atoms with Crippen molar-refractivity contribution in [2.75, 3.05) is 13.2 Å². The van der Waals surface area contributed by atoms with Crippen LogP contribution >= 0.6 is 23.8 Å². The third-order valence-electron chi connectivity index (χ3n) is 3.32. The molecule has 0 bridgehead atoms. The molecule has 0 amide bonds. The summed E-state index contributed by atoms with van der Waals surface area (Å²) >= 11 is 10.9. The molecule has 1 atom stereocenters. The van der Waals surface area contributed by atoms with Crippen molar-refractivity contribution in [3.63, 3.8) is 0 Å². The third kappa shape index (κ3) is 3.92. The Morgan fingerprint density at radius 3 is 2.81 bits per heavy atom. The Morgan fingerprint density at radius 2 is 2.24 bits per heavy atom. The number of hydrogen-bond donors (Lipinski definition) is 2. The van der Waals surface area contributed by atoms with E-state index in [0.717, 1.165) is 6.42 Å². The Kier molecular flexibility index (Phi) is 4.89. The zero-order valence-corrected chi connectivity index (χ0v) is 13.9. The average Bonchev–Trinajstić information content (AvgIpc) is 2.38. The van der Waals surface area contributed by atoms with Gasteiger partial charge in [-0.15, -0.1) is 0 Å². The lowest BCUT2D eigenvalue weighted by Crippen LogP contribution is -2.51. The molecule has 0 aromatic heterocycles. The highest BCUT2D eigenvalue weighted by Gasteiger charge is 2.33. The fourth-order valence-corrected chi connectivity index (χ4v) is 4.33. The van der Waals surface area contributed by atoms with Gasteiger partial charge in [-0.2, -0.15) is 0 Å². The van der Waals surface area contributed by atoms with E-state index < -0.39 is 15.6 Å². The summed E-state index contributed by atoms with van der Waals surface area (Å²) in [6.45, 7) is 2.79. The number of benzene rings is 1. The predicted molar refractivity (Wildman–Crippen MR) is 86.1 cm³/mol. The van der Waals surface area contributed by atoms with Crippen LogP contribution in [-0.2, 0) is 14.8 Å². The molecule has 1 fully saturated rings. The van der Waals surface area contributed by atoms with Gasteiger partial charge in [0.1, 0.15) is 9.88 Å². The minimum Gasteiger partial charge on any atom is -0.389 e. The second kappa shape index (κ2) is 6.18. The number of sulfonamides is 1. The van der Waals surface area contributed by atoms with Crippen LogP contribution in [0.4, 0.5) is 0 Å². The molecule has 1 aliphatic heterocycles. The van der Waals surface area contributed by atoms with Crippen molar-refractivity contribution < 1.29 is 13.2 Å². The number of rotatable bonds is 4. The van der Waals surface area contributed by atoms with E-state index in [1.54, 1.807) is 6.07 Å². The van der Waals surface area contributed by atoms with Crippen molar-refractivity contribution in [1.82, 2.24) is 4.72 Å². The Balaban J connectivity index is 2.35. The van der Waals surface area contributed by atoms with E-state index in [1.165, 1.54) is 12.1 Å². The van der Waals surface area contributed by atoms with Gasteiger partial charge in [0.15, 0.2) is 0 Å². The third-order valence-corrected chi connectivity index (χ3v) is 5.68. The molecule has 0 aliphatic carbocycles. The molecule has 0 saturated carbocycles. The summed E-state index contributed by atoms with van der Waals surface area (Å²) in [5.74, 6) is 0. The summed E-state index contributed by atoms with van der Waals surface area (Å²) in [4.78, 5) is 0.0941. The maximum absolute atomic E-state index is 12.6. The van der Waals surface area contributed by atoms with Gasteiger partial charge in [-0.05, 0) is 31.9 Å². The SMILES string of the molecule is CC1(NS(=O)(=O)c2cc(C(N)=S)ccc2Cl)CCCOC1. The Morgan fingerprint density at radius 1 is 1.52 bits per heavy atom. The van der Waals surface area contributed by atoms with Gasteiger partial charge >= 0.3 is 0 Å². The van der Waals surface area contributed by atoms with Gasteiger partial charge < -0.3 is 10.5 Å². The first-order valence-electron chi connectivity index (χ1n) is 6.45. The van der Waals surface area contributed by atoms with Crippen LogP contribution in [-0.4, -0.2) is 32.2 Å². The molecule has 1 saturated heterocycles. The topological polar surface area (TPSA) is 81.4 Å². The van der Waals surface area contributed by atoms with Gasteiger partial charge in [0.05, 0.1) is 17.2 Å². The van der Waals surface area contributed by atoms with Gasteiger partial charge in [-0.25, -0.2) is 13.1 Å². The minimum absolute atomic E-state index is 0.0266. The van der Waals surface area contributed by atoms with Crippen LogP contribution in [0.3, 0.4) is 0 Å². The molecule has 8 heteroatoms. The van der Waals surface area contributed by atoms with Crippen LogP contribution in [0.15, 0.2) is 23.1 Å². The highest BCUT2D eigenvalue weighted by Crippen LogP contribution is 2.26. The summed E-state index contributed by atoms with van der Waals surface area (Å²) in [5, 5.41) is 0.128. The van der Waals surface area contributed by atoms with Gasteiger partial charge in [0, 0.05) is 12.2 Å². The standard InChI is InChI=1S/C13H17ClN2O3S2/c1-13(5-2-6-19-8-13)16-21(17,18)11-7-9(12(15)20)3-4-10(11)14/h3-4,7,16H,2,5-6,8H2,1H3,(H2,15,20). The molecule has 116 valence electrons. The molecule has 0 radical (unpaired) electrons. The Bertz CT molecular complexity index is 655. The molecule has 1 aromatic rings. The second-order valence-electron chi connectivity index (χ2n) is 5.33. The second-order valence-corrected chi connectivity index (χ2v) is 7.83. The van der Waals surface area contributed by atoms with Gasteiger partial charge in [0.25, 0.3) is 0 Å². The van der Waals surface area contributed by atoms with Gasteiger partial charge in [-0.3, -0.25) is 0 Å². The monoisotopic (exact) mass is 348 g/mol. The van der Waals surface area contributed by atoms with Crippen LogP contribution in [0.25, 0.3) is 0 Å². The van der Waals surface area contributed by atoms with Gasteiger partial charge in [-0.1, -0.05) is 29.9 Å². The van der Waals surface area contributed by atoms with E-state index in [1.807, 2.05) is 6.92 Å². The quantitative estimate of drug-likeness (QED) is 0.811. The summed E-state index contributed by atoms with van der Waals surface area (Å²) in [5.41, 5.74) is 5.36. The first-order chi connectivity index (χ1) is 9.73. The number of nitrogens with one attached hydrogen (secondary N) is 1. The first-order valence-corrected chi connectivity index (χ1v) is 8.72. The zero-order chi connectivity index (χ0) is 15.7. The highest BCUT2D eigenvalue weighted by atomic mass is 35.5. The lowest BCUT2D eigenvalue weighted by atomic mass is 9.97. The average molecular weight is 349 g/mol. The van der Waals surface area contributed by atoms with Crippen molar-refractivity contribution >= 4 is 38.8 Å². The number of thiocarbonyl (C=S) groups is 1. The number of halogens is 1. The molecule has 3 N–H and O–H groups in total. The lowest BCUT2D eigenvalue weighted by molar-refractivity contribution is 0.0386. The smallest absolute Gasteiger partial charge is 0.242 e. The summed E-state index contributed by atoms with van der Waals surface area (Å²) < 4.78 is 33.2. The van der Waals surface area contributed by atoms with E-state index in [9.17, 15) is 8.42 Å². The summed E-state index contributed by atoms with van der Waals surface area (Å²) in [6.07, 6.45) is 1.51. The fourth-order valence-electron chi connectivity index (χ4n) is 2.26. The van der Waals surface area contributed by atoms with E-state index in [2.05, 4.69) is 4.72 Å². The molecule has 0 spiro atoms. The van der Waals surface area contributed by atoms with E-state index >= 15 is 0 Å². The Labute approximate surface area is 134 Å². The van der Waals surface area contributed by atoms with Crippen LogP contribution in [0.5, 0.6) is 0 Å². The maximum atomic E-state index is 12.6. The maximum Gasteiger partial charge on any atom is 0.242 e. The van der Waals surface area contributed by atoms with Crippen molar-refractivity contribution in [1.29, 1.82) is 0 Å². The molecule has 5 nitrogen and oxygen atoms in total. The van der Waals surface area contributed by atoms with E-state index in [-0.39, 0.29) is 14.9 Å². The van der Waals surface area contributed by atoms with Crippen molar-refractivity contribution in [2.45, 2.75) is 30.2 Å². The largest absolute Gasteiger partial charge is 0.389 e. The first kappa shape index (κ1) is 16.6. The molecule has 1 unspecified atom stereocenters. The summed E-state index contributed by atoms with van der Waals surface area (Å²) in [6, 6.07) is 4.46. The van der Waals surface area contributed by atoms with E-state index in [0.29, 0.717) is 25.2 Å². The predicted octanol–water partition coefficient (Wildman–Crippen LogP) is 1.82. The molecular formula is C13H17ClN2O3S2. The molecule has 1 aliphatic rings. The number of nitrogens with two attached hydrogens (primary N) is 1. The van der Waals surface area contributed by atoms with Crippen LogP contribution < -0.4 is 10.5 Å². The van der Waals surface area contributed by atoms with E-state index in [4.69, 9.17) is 34.3 Å². The lowest BCUT2D eigenvalue weighted by Gasteiger charge is -2.34. The fraction of sp³-hybridized carbons (Fsp3) is 0.462. The Hall–Kier alpha value is -0.730. The summed E-state index contributed by atoms with van der Waals surface area (Å²) in [7, 11) is -3.78. The highest BCUT2D eigenvalue weighted by molar-refractivity contribution is 7.89. The van der Waals surface area contributed by atoms with Crippen LogP contribution in [0, 0.1) is 0 Å². The molecule has 1 heterocycles. The van der Waals surface area contributed by atoms with Crippen LogP contribution in [0.2, 0.25) is 5.02 Å². The molecular weight excluding hydrogens is 332 g/mol. The number of hydrogen-bond acceptors (Lipinski definition) is 4. The normalized spacial score (nSPS) is 23.0. The zero-order valence-electron chi connectivity index (χ0n) is 11.6. The van der Waals surface area contributed by atoms with Crippen molar-refractivity contribution in [2.24, 2.45) is 5.73 Å². The van der Waals surface area contributed by atoms with Crippen LogP contribution in [0.1, 0.15) is 25.3 Å². The molecule has 1 aromatic carbocycles. The van der Waals surface area contributed by atoms with Crippen molar-refractivity contribution in [3.05, 3.63) is 28.8 Å². The minimum atomic E-state index is -3.78. The van der Waals surface area contributed by atoms with Crippen molar-refractivity contribution in [3.8, 4) is 0 Å². The molecule has 2 rings (SSSR count). The molecule has 21 heavy (non-hydrogen) atoms. The van der Waals surface area contributed by atoms with Gasteiger partial charge in [0.2, 0.25) is 10.0 Å².